The van der Waals surface area contributed by atoms with Gasteiger partial charge in [-0.2, -0.15) is 0 Å². The van der Waals surface area contributed by atoms with Gasteiger partial charge in [0, 0.05) is 26.3 Å². The maximum absolute atomic E-state index is 6.09. The summed E-state index contributed by atoms with van der Waals surface area (Å²) >= 11 is 12.1. The van der Waals surface area contributed by atoms with E-state index in [9.17, 15) is 0 Å². The van der Waals surface area contributed by atoms with E-state index in [0.29, 0.717) is 23.3 Å². The van der Waals surface area contributed by atoms with E-state index in [1.807, 2.05) is 42.8 Å². The van der Waals surface area contributed by atoms with Gasteiger partial charge >= 0.3 is 0 Å². The van der Waals surface area contributed by atoms with Crippen LogP contribution in [-0.4, -0.2) is 30.7 Å². The van der Waals surface area contributed by atoms with Crippen LogP contribution in [0.2, 0.25) is 10.2 Å². The van der Waals surface area contributed by atoms with Crippen molar-refractivity contribution in [2.24, 2.45) is 12.0 Å². The van der Waals surface area contributed by atoms with Gasteiger partial charge in [-0.25, -0.2) is 0 Å². The molecule has 1 aromatic carbocycles. The second-order valence-corrected chi connectivity index (χ2v) is 6.24. The van der Waals surface area contributed by atoms with E-state index < -0.39 is 0 Å². The molecule has 2 aromatic rings. The fraction of sp³-hybridized carbons (Fsp3) is 0.389. The van der Waals surface area contributed by atoms with Crippen molar-refractivity contribution in [3.8, 4) is 5.75 Å². The molecule has 0 atom stereocenters. The maximum Gasteiger partial charge on any atom is 0.191 e. The summed E-state index contributed by atoms with van der Waals surface area (Å²) < 4.78 is 7.50. The highest BCUT2D eigenvalue weighted by molar-refractivity contribution is 6.41. The Morgan fingerprint density at radius 3 is 2.64 bits per heavy atom. The first-order valence-corrected chi connectivity index (χ1v) is 8.97. The molecule has 25 heavy (non-hydrogen) atoms. The van der Waals surface area contributed by atoms with Gasteiger partial charge in [-0.3, -0.25) is 4.99 Å². The van der Waals surface area contributed by atoms with Crippen LogP contribution < -0.4 is 15.4 Å². The number of halogens is 2. The Bertz CT molecular complexity index is 728. The Hall–Kier alpha value is -1.85. The number of rotatable bonds is 7. The SMILES string of the molecule is CCOc1ccccc1CCNC(=NC)NCc1cc(Cl)c(Cl)n1C. The molecule has 0 unspecified atom stereocenters. The summed E-state index contributed by atoms with van der Waals surface area (Å²) in [5, 5.41) is 7.66. The van der Waals surface area contributed by atoms with Crippen LogP contribution in [0, 0.1) is 0 Å². The fourth-order valence-corrected chi connectivity index (χ4v) is 2.89. The third-order valence-corrected chi connectivity index (χ3v) is 4.68. The van der Waals surface area contributed by atoms with E-state index in [4.69, 9.17) is 27.9 Å². The molecule has 0 spiro atoms. The van der Waals surface area contributed by atoms with Gasteiger partial charge in [0.2, 0.25) is 0 Å². The van der Waals surface area contributed by atoms with E-state index in [2.05, 4.69) is 21.7 Å². The lowest BCUT2D eigenvalue weighted by atomic mass is 10.1. The standard InChI is InChI=1S/C18H24Cl2N4O/c1-4-25-16-8-6-5-7-13(16)9-10-22-18(21-2)23-12-14-11-15(19)17(20)24(14)3/h5-8,11H,4,9-10,12H2,1-3H3,(H2,21,22,23). The molecule has 0 amide bonds. The number of hydrogen-bond acceptors (Lipinski definition) is 2. The van der Waals surface area contributed by atoms with Gasteiger partial charge in [0.1, 0.15) is 10.9 Å². The molecular formula is C18H24Cl2N4O. The Balaban J connectivity index is 1.86. The zero-order valence-corrected chi connectivity index (χ0v) is 16.3. The lowest BCUT2D eigenvalue weighted by Gasteiger charge is -2.14. The number of nitrogens with zero attached hydrogens (tertiary/aromatic N) is 2. The number of benzene rings is 1. The molecule has 1 aromatic heterocycles. The third kappa shape index (κ3) is 5.31. The highest BCUT2D eigenvalue weighted by atomic mass is 35.5. The van der Waals surface area contributed by atoms with Crippen LogP contribution in [0.3, 0.4) is 0 Å². The second-order valence-electron chi connectivity index (χ2n) is 5.48. The van der Waals surface area contributed by atoms with Gasteiger partial charge in [0.05, 0.1) is 18.2 Å². The smallest absolute Gasteiger partial charge is 0.191 e. The molecule has 5 nitrogen and oxygen atoms in total. The number of ether oxygens (including phenoxy) is 1. The van der Waals surface area contributed by atoms with Crippen molar-refractivity contribution in [2.45, 2.75) is 19.9 Å². The third-order valence-electron chi connectivity index (χ3n) is 3.84. The monoisotopic (exact) mass is 382 g/mol. The molecule has 0 bridgehead atoms. The van der Waals surface area contributed by atoms with Crippen LogP contribution in [0.5, 0.6) is 5.75 Å². The quantitative estimate of drug-likeness (QED) is 0.567. The molecule has 1 heterocycles. The first-order chi connectivity index (χ1) is 12.1. The molecule has 136 valence electrons. The summed E-state index contributed by atoms with van der Waals surface area (Å²) in [7, 11) is 3.63. The molecule has 0 radical (unpaired) electrons. The predicted octanol–water partition coefficient (Wildman–Crippen LogP) is 3.64. The average molecular weight is 383 g/mol. The summed E-state index contributed by atoms with van der Waals surface area (Å²) in [6.07, 6.45) is 0.846. The molecule has 0 aliphatic carbocycles. The predicted molar refractivity (Wildman–Crippen MR) is 105 cm³/mol. The van der Waals surface area contributed by atoms with Crippen LogP contribution in [-0.2, 0) is 20.0 Å². The van der Waals surface area contributed by atoms with E-state index >= 15 is 0 Å². The Morgan fingerprint density at radius 2 is 2.00 bits per heavy atom. The fourth-order valence-electron chi connectivity index (χ4n) is 2.48. The summed E-state index contributed by atoms with van der Waals surface area (Å²) in [5.74, 6) is 1.66. The highest BCUT2D eigenvalue weighted by Gasteiger charge is 2.09. The minimum absolute atomic E-state index is 0.536. The van der Waals surface area contributed by atoms with Crippen LogP contribution >= 0.6 is 23.2 Å². The number of guanidine groups is 1. The van der Waals surface area contributed by atoms with Gasteiger partial charge in [0.15, 0.2) is 5.96 Å². The summed E-state index contributed by atoms with van der Waals surface area (Å²) in [5.41, 5.74) is 2.16. The molecule has 7 heteroatoms. The van der Waals surface area contributed by atoms with Crippen LogP contribution in [0.15, 0.2) is 35.3 Å². The summed E-state index contributed by atoms with van der Waals surface area (Å²) in [6.45, 7) is 3.98. The van der Waals surface area contributed by atoms with Gasteiger partial charge in [-0.15, -0.1) is 0 Å². The Labute approximate surface area is 159 Å². The molecule has 2 rings (SSSR count). The minimum atomic E-state index is 0.536. The van der Waals surface area contributed by atoms with E-state index in [1.165, 1.54) is 5.56 Å². The number of hydrogen-bond donors (Lipinski definition) is 2. The minimum Gasteiger partial charge on any atom is -0.494 e. The van der Waals surface area contributed by atoms with E-state index in [0.717, 1.165) is 30.4 Å². The Morgan fingerprint density at radius 1 is 1.24 bits per heavy atom. The van der Waals surface area contributed by atoms with Crippen molar-refractivity contribution in [3.05, 3.63) is 51.8 Å². The van der Waals surface area contributed by atoms with Gasteiger partial charge in [0.25, 0.3) is 0 Å². The zero-order chi connectivity index (χ0) is 18.2. The molecule has 0 saturated heterocycles. The first kappa shape index (κ1) is 19.5. The Kier molecular flexibility index (Phi) is 7.47. The highest BCUT2D eigenvalue weighted by Crippen LogP contribution is 2.24. The number of para-hydroxylation sites is 1. The molecule has 0 saturated carbocycles. The van der Waals surface area contributed by atoms with Crippen molar-refractivity contribution in [1.82, 2.24) is 15.2 Å². The van der Waals surface area contributed by atoms with Crippen molar-refractivity contribution >= 4 is 29.2 Å². The summed E-state index contributed by atoms with van der Waals surface area (Å²) in [6, 6.07) is 9.93. The van der Waals surface area contributed by atoms with Gasteiger partial charge < -0.3 is 19.9 Å². The van der Waals surface area contributed by atoms with Gasteiger partial charge in [-0.1, -0.05) is 41.4 Å². The second kappa shape index (κ2) is 9.59. The largest absolute Gasteiger partial charge is 0.494 e. The van der Waals surface area contributed by atoms with Crippen LogP contribution in [0.1, 0.15) is 18.2 Å². The van der Waals surface area contributed by atoms with Crippen LogP contribution in [0.25, 0.3) is 0 Å². The topological polar surface area (TPSA) is 50.6 Å². The van der Waals surface area contributed by atoms with Crippen LogP contribution in [0.4, 0.5) is 0 Å². The summed E-state index contributed by atoms with van der Waals surface area (Å²) in [4.78, 5) is 4.24. The molecule has 2 N–H and O–H groups in total. The molecule has 0 aliphatic heterocycles. The average Bonchev–Trinajstić information content (AvgIpc) is 2.86. The lowest BCUT2D eigenvalue weighted by molar-refractivity contribution is 0.336. The molecule has 0 fully saturated rings. The normalized spacial score (nSPS) is 11.5. The number of aliphatic imine (C=N–C) groups is 1. The zero-order valence-electron chi connectivity index (χ0n) is 14.8. The van der Waals surface area contributed by atoms with E-state index in [-0.39, 0.29) is 0 Å². The lowest BCUT2D eigenvalue weighted by Crippen LogP contribution is -2.38. The van der Waals surface area contributed by atoms with E-state index in [1.54, 1.807) is 7.05 Å². The molecular weight excluding hydrogens is 359 g/mol. The van der Waals surface area contributed by atoms with Crippen molar-refractivity contribution in [1.29, 1.82) is 0 Å². The molecule has 0 aliphatic rings. The maximum atomic E-state index is 6.09. The van der Waals surface area contributed by atoms with Crippen molar-refractivity contribution in [2.75, 3.05) is 20.2 Å². The number of nitrogens with one attached hydrogen (secondary N) is 2. The van der Waals surface area contributed by atoms with Crippen molar-refractivity contribution in [3.63, 3.8) is 0 Å². The first-order valence-electron chi connectivity index (χ1n) is 8.21. The van der Waals surface area contributed by atoms with Gasteiger partial charge in [-0.05, 0) is 31.0 Å². The number of aromatic nitrogens is 1. The van der Waals surface area contributed by atoms with Crippen molar-refractivity contribution < 1.29 is 4.74 Å².